The molecule has 6 nitrogen and oxygen atoms in total. The van der Waals surface area contributed by atoms with E-state index in [4.69, 9.17) is 5.26 Å². The summed E-state index contributed by atoms with van der Waals surface area (Å²) in [6.45, 7) is 2.00. The normalized spacial score (nSPS) is 11.3. The second kappa shape index (κ2) is 6.83. The van der Waals surface area contributed by atoms with E-state index >= 15 is 0 Å². The number of anilines is 1. The summed E-state index contributed by atoms with van der Waals surface area (Å²) in [4.78, 5) is 4.60. The highest BCUT2D eigenvalue weighted by molar-refractivity contribution is 7.92. The summed E-state index contributed by atoms with van der Waals surface area (Å²) in [6, 6.07) is 19.0. The van der Waals surface area contributed by atoms with E-state index in [1.165, 1.54) is 12.1 Å². The number of rotatable bonds is 4. The maximum atomic E-state index is 12.6. The maximum absolute atomic E-state index is 12.6. The predicted molar refractivity (Wildman–Crippen MR) is 107 cm³/mol. The summed E-state index contributed by atoms with van der Waals surface area (Å²) in [5, 5.41) is 9.14. The molecule has 4 rings (SSSR count). The number of pyridine rings is 1. The van der Waals surface area contributed by atoms with Crippen molar-refractivity contribution in [3.8, 4) is 17.3 Å². The van der Waals surface area contributed by atoms with E-state index in [0.717, 1.165) is 22.5 Å². The van der Waals surface area contributed by atoms with Gasteiger partial charge in [0, 0.05) is 23.6 Å². The molecule has 0 saturated carbocycles. The minimum atomic E-state index is -3.85. The number of imidazole rings is 1. The van der Waals surface area contributed by atoms with Crippen molar-refractivity contribution in [2.45, 2.75) is 11.8 Å². The smallest absolute Gasteiger partial charge is 0.263 e. The van der Waals surface area contributed by atoms with Crippen LogP contribution in [0.25, 0.3) is 16.9 Å². The number of hydrogen-bond acceptors (Lipinski definition) is 4. The summed E-state index contributed by atoms with van der Waals surface area (Å²) < 4.78 is 29.7. The van der Waals surface area contributed by atoms with Gasteiger partial charge in [0.25, 0.3) is 10.0 Å². The molecular weight excluding hydrogens is 372 g/mol. The second-order valence-corrected chi connectivity index (χ2v) is 7.99. The van der Waals surface area contributed by atoms with Crippen LogP contribution in [0.2, 0.25) is 0 Å². The molecule has 0 saturated heterocycles. The first-order valence-corrected chi connectivity index (χ1v) is 10.0. The van der Waals surface area contributed by atoms with Gasteiger partial charge in [0.05, 0.1) is 11.3 Å². The van der Waals surface area contributed by atoms with E-state index in [9.17, 15) is 8.42 Å². The Labute approximate surface area is 162 Å². The van der Waals surface area contributed by atoms with Crippen molar-refractivity contribution >= 4 is 21.4 Å². The molecule has 0 atom stereocenters. The highest BCUT2D eigenvalue weighted by Gasteiger charge is 2.18. The van der Waals surface area contributed by atoms with Gasteiger partial charge >= 0.3 is 0 Å². The molecule has 0 radical (unpaired) electrons. The predicted octanol–water partition coefficient (Wildman–Crippen LogP) is 3.98. The summed E-state index contributed by atoms with van der Waals surface area (Å²) in [5.41, 5.74) is 4.16. The molecule has 28 heavy (non-hydrogen) atoms. The first-order chi connectivity index (χ1) is 13.5. The van der Waals surface area contributed by atoms with Crippen molar-refractivity contribution in [3.05, 3.63) is 84.2 Å². The minimum Gasteiger partial charge on any atom is -0.306 e. The SMILES string of the molecule is Cc1cccn2cc(-c3ccc(NS(=O)(=O)c4ccccc4C#N)cc3)nc12. The first kappa shape index (κ1) is 17.8. The molecule has 0 spiro atoms. The number of aromatic nitrogens is 2. The van der Waals surface area contributed by atoms with Crippen LogP contribution in [0.4, 0.5) is 5.69 Å². The lowest BCUT2D eigenvalue weighted by atomic mass is 10.1. The molecule has 1 N–H and O–H groups in total. The second-order valence-electron chi connectivity index (χ2n) is 6.34. The Balaban J connectivity index is 1.63. The molecule has 2 aromatic heterocycles. The number of nitrogens with one attached hydrogen (secondary N) is 1. The van der Waals surface area contributed by atoms with Gasteiger partial charge < -0.3 is 4.40 Å². The van der Waals surface area contributed by atoms with Gasteiger partial charge in [-0.15, -0.1) is 0 Å². The molecular formula is C21H16N4O2S. The van der Waals surface area contributed by atoms with Gasteiger partial charge in [-0.1, -0.05) is 30.3 Å². The fourth-order valence-corrected chi connectivity index (χ4v) is 4.22. The van der Waals surface area contributed by atoms with Crippen molar-refractivity contribution in [3.63, 3.8) is 0 Å². The Morgan fingerprint density at radius 3 is 2.50 bits per heavy atom. The van der Waals surface area contributed by atoms with E-state index in [0.29, 0.717) is 5.69 Å². The average molecular weight is 388 g/mol. The molecule has 0 amide bonds. The summed E-state index contributed by atoms with van der Waals surface area (Å²) in [7, 11) is -3.85. The van der Waals surface area contributed by atoms with Crippen LogP contribution in [0.5, 0.6) is 0 Å². The third-order valence-corrected chi connectivity index (χ3v) is 5.85. The van der Waals surface area contributed by atoms with Gasteiger partial charge in [0.15, 0.2) is 0 Å². The van der Waals surface area contributed by atoms with Crippen LogP contribution < -0.4 is 4.72 Å². The molecule has 0 bridgehead atoms. The highest BCUT2D eigenvalue weighted by Crippen LogP contribution is 2.24. The molecule has 0 aliphatic heterocycles. The first-order valence-electron chi connectivity index (χ1n) is 8.55. The number of sulfonamides is 1. The Morgan fingerprint density at radius 2 is 1.79 bits per heavy atom. The van der Waals surface area contributed by atoms with Crippen LogP contribution in [-0.4, -0.2) is 17.8 Å². The van der Waals surface area contributed by atoms with Crippen LogP contribution in [0.3, 0.4) is 0 Å². The zero-order valence-corrected chi connectivity index (χ0v) is 15.8. The number of hydrogen-bond donors (Lipinski definition) is 1. The van der Waals surface area contributed by atoms with Crippen molar-refractivity contribution in [1.82, 2.24) is 9.38 Å². The number of nitrogens with zero attached hydrogens (tertiary/aromatic N) is 3. The molecule has 0 aliphatic rings. The Hall–Kier alpha value is -3.63. The Kier molecular flexibility index (Phi) is 4.34. The Bertz CT molecular complexity index is 1320. The van der Waals surface area contributed by atoms with E-state index in [-0.39, 0.29) is 10.5 Å². The van der Waals surface area contributed by atoms with E-state index in [1.54, 1.807) is 24.3 Å². The lowest BCUT2D eigenvalue weighted by Gasteiger charge is -2.09. The third kappa shape index (κ3) is 3.21. The van der Waals surface area contributed by atoms with Crippen LogP contribution in [-0.2, 0) is 10.0 Å². The number of nitriles is 1. The number of aryl methyl sites for hydroxylation is 1. The van der Waals surface area contributed by atoms with Gasteiger partial charge in [-0.25, -0.2) is 13.4 Å². The van der Waals surface area contributed by atoms with Gasteiger partial charge in [0.1, 0.15) is 16.6 Å². The lowest BCUT2D eigenvalue weighted by Crippen LogP contribution is -2.14. The number of benzene rings is 2. The molecule has 0 fully saturated rings. The fraction of sp³-hybridized carbons (Fsp3) is 0.0476. The van der Waals surface area contributed by atoms with Crippen LogP contribution in [0.1, 0.15) is 11.1 Å². The monoisotopic (exact) mass is 388 g/mol. The van der Waals surface area contributed by atoms with Crippen molar-refractivity contribution in [1.29, 1.82) is 5.26 Å². The van der Waals surface area contributed by atoms with Gasteiger partial charge in [0.2, 0.25) is 0 Å². The minimum absolute atomic E-state index is 0.0441. The number of fused-ring (bicyclic) bond motifs is 1. The molecule has 0 unspecified atom stereocenters. The van der Waals surface area contributed by atoms with Gasteiger partial charge in [-0.2, -0.15) is 5.26 Å². The van der Waals surface area contributed by atoms with Gasteiger partial charge in [-0.05, 0) is 42.8 Å². The summed E-state index contributed by atoms with van der Waals surface area (Å²) in [6.07, 6.45) is 3.87. The lowest BCUT2D eigenvalue weighted by molar-refractivity contribution is 0.601. The van der Waals surface area contributed by atoms with Crippen molar-refractivity contribution in [2.24, 2.45) is 0 Å². The summed E-state index contributed by atoms with van der Waals surface area (Å²) >= 11 is 0. The van der Waals surface area contributed by atoms with Crippen LogP contribution in [0.15, 0.2) is 78.0 Å². The van der Waals surface area contributed by atoms with E-state index < -0.39 is 10.0 Å². The van der Waals surface area contributed by atoms with E-state index in [1.807, 2.05) is 54.1 Å². The Morgan fingerprint density at radius 1 is 1.04 bits per heavy atom. The van der Waals surface area contributed by atoms with Crippen molar-refractivity contribution in [2.75, 3.05) is 4.72 Å². The fourth-order valence-electron chi connectivity index (χ4n) is 3.01. The molecule has 2 aromatic carbocycles. The zero-order chi connectivity index (χ0) is 19.7. The van der Waals surface area contributed by atoms with Crippen LogP contribution >= 0.6 is 0 Å². The van der Waals surface area contributed by atoms with Crippen molar-refractivity contribution < 1.29 is 8.42 Å². The summed E-state index contributed by atoms with van der Waals surface area (Å²) in [5.74, 6) is 0. The topological polar surface area (TPSA) is 87.3 Å². The molecule has 2 heterocycles. The molecule has 0 aliphatic carbocycles. The zero-order valence-electron chi connectivity index (χ0n) is 15.0. The van der Waals surface area contributed by atoms with Gasteiger partial charge in [-0.3, -0.25) is 4.72 Å². The quantitative estimate of drug-likeness (QED) is 0.573. The average Bonchev–Trinajstić information content (AvgIpc) is 3.14. The highest BCUT2D eigenvalue weighted by atomic mass is 32.2. The largest absolute Gasteiger partial charge is 0.306 e. The maximum Gasteiger partial charge on any atom is 0.263 e. The molecule has 4 aromatic rings. The molecule has 138 valence electrons. The van der Waals surface area contributed by atoms with Crippen LogP contribution in [0, 0.1) is 18.3 Å². The molecule has 7 heteroatoms. The third-order valence-electron chi connectivity index (χ3n) is 4.41. The van der Waals surface area contributed by atoms with E-state index in [2.05, 4.69) is 9.71 Å². The standard InChI is InChI=1S/C21H16N4O2S/c1-15-5-4-12-25-14-19(23-21(15)25)16-8-10-18(11-9-16)24-28(26,27)20-7-3-2-6-17(20)13-22/h2-12,14,24H,1H3.